The molecular weight excluding hydrogens is 572 g/mol. The molecule has 8 rings (SSSR count). The number of terminal acetylenes is 1. The minimum Gasteiger partial charge on any atom is -0.456 e. The van der Waals surface area contributed by atoms with Gasteiger partial charge in [0.2, 0.25) is 0 Å². The van der Waals surface area contributed by atoms with Crippen molar-refractivity contribution in [3.8, 4) is 23.6 Å². The summed E-state index contributed by atoms with van der Waals surface area (Å²) in [5.74, 6) is 2.74. The standard InChI is InChI=1S/C44H30N2O/c1-5-13-33(27(3)6-2)41-38-18-11-12-19-40(38)47-44(41)28(4)30-22-20-29-21-23-31(25-32(29)24-30)39-26-45-42-36-16-9-7-14-34(36)35-15-8-10-17-37(35)43(42)46-39/h2,5,7-26H,3H2,1,4H3. The maximum absolute atomic E-state index is 6.53. The third-order valence-electron chi connectivity index (χ3n) is 9.03. The van der Waals surface area contributed by atoms with Crippen molar-refractivity contribution in [3.63, 3.8) is 0 Å². The molecule has 0 aliphatic carbocycles. The number of allylic oxidation sites excluding steroid dienone is 3. The normalized spacial score (nSPS) is 13.1. The molecular formula is C44H30N2O. The lowest BCUT2D eigenvalue weighted by molar-refractivity contribution is 0.572. The molecule has 2 aromatic heterocycles. The summed E-state index contributed by atoms with van der Waals surface area (Å²) >= 11 is 0. The Balaban J connectivity index is 1.33. The van der Waals surface area contributed by atoms with Gasteiger partial charge in [-0.2, -0.15) is 0 Å². The van der Waals surface area contributed by atoms with E-state index < -0.39 is 0 Å². The minimum absolute atomic E-state index is 0.615. The number of hydrogen-bond acceptors (Lipinski definition) is 3. The van der Waals surface area contributed by atoms with Gasteiger partial charge in [-0.1, -0.05) is 116 Å². The Kier molecular flexibility index (Phi) is 6.78. The summed E-state index contributed by atoms with van der Waals surface area (Å²) in [6.07, 6.45) is 11.7. The number of benzene rings is 6. The lowest BCUT2D eigenvalue weighted by Gasteiger charge is -2.11. The molecule has 0 unspecified atom stereocenters. The Bertz CT molecular complexity index is 2750. The zero-order chi connectivity index (χ0) is 32.1. The molecule has 47 heavy (non-hydrogen) atoms. The molecule has 6 aromatic carbocycles. The summed E-state index contributed by atoms with van der Waals surface area (Å²) in [7, 11) is 0. The molecule has 0 spiro atoms. The van der Waals surface area contributed by atoms with Gasteiger partial charge in [0, 0.05) is 38.1 Å². The number of para-hydroxylation sites is 1. The summed E-state index contributed by atoms with van der Waals surface area (Å²) in [6, 6.07) is 37.9. The van der Waals surface area contributed by atoms with Crippen LogP contribution in [0, 0.1) is 12.3 Å². The quantitative estimate of drug-likeness (QED) is 0.149. The predicted molar refractivity (Wildman–Crippen MR) is 197 cm³/mol. The number of nitrogens with zero attached hydrogens (tertiary/aromatic N) is 2. The molecule has 0 N–H and O–H groups in total. The van der Waals surface area contributed by atoms with Crippen molar-refractivity contribution >= 4 is 65.5 Å². The molecule has 0 atom stereocenters. The molecule has 0 aliphatic rings. The van der Waals surface area contributed by atoms with E-state index in [1.165, 1.54) is 10.8 Å². The van der Waals surface area contributed by atoms with Gasteiger partial charge in [0.15, 0.2) is 0 Å². The van der Waals surface area contributed by atoms with Crippen LogP contribution in [0.2, 0.25) is 0 Å². The van der Waals surface area contributed by atoms with Crippen LogP contribution in [-0.4, -0.2) is 9.97 Å². The molecule has 0 bridgehead atoms. The van der Waals surface area contributed by atoms with Crippen LogP contribution in [0.5, 0.6) is 0 Å². The highest BCUT2D eigenvalue weighted by Crippen LogP contribution is 2.34. The topological polar surface area (TPSA) is 38.9 Å². The van der Waals surface area contributed by atoms with Gasteiger partial charge in [-0.15, -0.1) is 6.42 Å². The molecule has 0 amide bonds. The molecule has 8 aromatic rings. The Morgan fingerprint density at radius 3 is 2.15 bits per heavy atom. The monoisotopic (exact) mass is 602 g/mol. The van der Waals surface area contributed by atoms with Gasteiger partial charge in [-0.3, -0.25) is 4.98 Å². The van der Waals surface area contributed by atoms with Crippen molar-refractivity contribution in [3.05, 3.63) is 156 Å². The van der Waals surface area contributed by atoms with Crippen LogP contribution in [0.25, 0.3) is 76.7 Å². The van der Waals surface area contributed by atoms with E-state index in [4.69, 9.17) is 20.8 Å². The van der Waals surface area contributed by atoms with E-state index in [1.807, 2.05) is 43.5 Å². The number of hydrogen-bond donors (Lipinski definition) is 0. The Morgan fingerprint density at radius 1 is 0.766 bits per heavy atom. The second-order valence-electron chi connectivity index (χ2n) is 11.8. The largest absolute Gasteiger partial charge is 0.456 e. The van der Waals surface area contributed by atoms with E-state index in [-0.39, 0.29) is 0 Å². The third-order valence-corrected chi connectivity index (χ3v) is 9.03. The molecule has 0 saturated carbocycles. The summed E-state index contributed by atoms with van der Waals surface area (Å²) < 4.78 is 6.53. The first-order chi connectivity index (χ1) is 23.1. The first-order valence-electron chi connectivity index (χ1n) is 15.7. The predicted octanol–water partition coefficient (Wildman–Crippen LogP) is 9.64. The second kappa shape index (κ2) is 11.3. The molecule has 0 aliphatic heterocycles. The highest BCUT2D eigenvalue weighted by atomic mass is 16.3. The van der Waals surface area contributed by atoms with Crippen LogP contribution < -0.4 is 10.6 Å². The van der Waals surface area contributed by atoms with Gasteiger partial charge in [0.05, 0.1) is 22.9 Å². The van der Waals surface area contributed by atoms with Crippen LogP contribution in [0.1, 0.15) is 19.4 Å². The minimum atomic E-state index is 0.615. The van der Waals surface area contributed by atoms with Gasteiger partial charge < -0.3 is 4.42 Å². The Morgan fingerprint density at radius 2 is 1.43 bits per heavy atom. The Hall–Kier alpha value is -6.24. The van der Waals surface area contributed by atoms with Crippen LogP contribution in [-0.2, 0) is 0 Å². The van der Waals surface area contributed by atoms with Gasteiger partial charge in [0.25, 0.3) is 0 Å². The van der Waals surface area contributed by atoms with E-state index in [1.54, 1.807) is 0 Å². The summed E-state index contributed by atoms with van der Waals surface area (Å²) in [4.78, 5) is 10.2. The van der Waals surface area contributed by atoms with E-state index in [0.717, 1.165) is 82.1 Å². The van der Waals surface area contributed by atoms with Crippen molar-refractivity contribution in [1.29, 1.82) is 0 Å². The second-order valence-corrected chi connectivity index (χ2v) is 11.8. The van der Waals surface area contributed by atoms with Gasteiger partial charge in [-0.25, -0.2) is 4.98 Å². The lowest BCUT2D eigenvalue weighted by Crippen LogP contribution is -2.25. The number of rotatable bonds is 4. The van der Waals surface area contributed by atoms with Gasteiger partial charge in [0.1, 0.15) is 11.0 Å². The molecule has 3 heteroatoms. The van der Waals surface area contributed by atoms with Gasteiger partial charge in [-0.05, 0) is 64.7 Å². The molecule has 0 fully saturated rings. The smallest absolute Gasteiger partial charge is 0.139 e. The highest BCUT2D eigenvalue weighted by molar-refractivity contribution is 6.23. The summed E-state index contributed by atoms with van der Waals surface area (Å²) in [6.45, 7) is 8.25. The number of furan rings is 1. The molecule has 2 heterocycles. The average molecular weight is 603 g/mol. The first-order valence-corrected chi connectivity index (χ1v) is 15.7. The number of aromatic nitrogens is 2. The van der Waals surface area contributed by atoms with Gasteiger partial charge >= 0.3 is 0 Å². The molecule has 0 radical (unpaired) electrons. The van der Waals surface area contributed by atoms with E-state index in [0.29, 0.717) is 5.57 Å². The maximum Gasteiger partial charge on any atom is 0.139 e. The number of fused-ring (bicyclic) bond motifs is 8. The lowest BCUT2D eigenvalue weighted by atomic mass is 9.97. The van der Waals surface area contributed by atoms with Crippen molar-refractivity contribution in [1.82, 2.24) is 9.97 Å². The zero-order valence-corrected chi connectivity index (χ0v) is 26.2. The first kappa shape index (κ1) is 28.2. The third kappa shape index (κ3) is 4.62. The fraction of sp³-hybridized carbons (Fsp3) is 0.0455. The van der Waals surface area contributed by atoms with E-state index >= 15 is 0 Å². The molecule has 0 saturated heterocycles. The van der Waals surface area contributed by atoms with Crippen molar-refractivity contribution in [2.24, 2.45) is 0 Å². The zero-order valence-electron chi connectivity index (χ0n) is 26.2. The van der Waals surface area contributed by atoms with E-state index in [9.17, 15) is 0 Å². The summed E-state index contributed by atoms with van der Waals surface area (Å²) in [5, 5.41) is 8.79. The maximum atomic E-state index is 6.53. The van der Waals surface area contributed by atoms with Crippen molar-refractivity contribution < 1.29 is 4.42 Å². The fourth-order valence-corrected chi connectivity index (χ4v) is 6.69. The SMILES string of the molecule is C#CC(=C)C(C=CC)=c1c(=C(C)c2ccc3ccc(-c4cnc5c6ccccc6c6ccccc6c5n4)cc3c2)oc2ccccc12. The average Bonchev–Trinajstić information content (AvgIpc) is 3.52. The van der Waals surface area contributed by atoms with Crippen LogP contribution >= 0.6 is 0 Å². The van der Waals surface area contributed by atoms with Crippen LogP contribution in [0.4, 0.5) is 0 Å². The van der Waals surface area contributed by atoms with Crippen LogP contribution in [0.3, 0.4) is 0 Å². The Labute approximate surface area is 272 Å². The van der Waals surface area contributed by atoms with Crippen LogP contribution in [0.15, 0.2) is 144 Å². The fourth-order valence-electron chi connectivity index (χ4n) is 6.69. The summed E-state index contributed by atoms with van der Waals surface area (Å²) in [5.41, 5.74) is 8.83. The van der Waals surface area contributed by atoms with Crippen molar-refractivity contribution in [2.45, 2.75) is 13.8 Å². The van der Waals surface area contributed by atoms with E-state index in [2.05, 4.69) is 110 Å². The highest BCUT2D eigenvalue weighted by Gasteiger charge is 2.14. The molecule has 3 nitrogen and oxygen atoms in total. The molecule has 222 valence electrons. The van der Waals surface area contributed by atoms with Crippen molar-refractivity contribution in [2.75, 3.05) is 0 Å².